The molecule has 1 N–H and O–H groups in total. The van der Waals surface area contributed by atoms with Gasteiger partial charge in [0, 0.05) is 15.3 Å². The minimum absolute atomic E-state index is 0.139. The summed E-state index contributed by atoms with van der Waals surface area (Å²) in [6, 6.07) is 7.09. The number of thiazole rings is 1. The number of hydrogen-bond donors (Lipinski definition) is 2. The number of nitrogens with one attached hydrogen (secondary N) is 1. The number of aromatic nitrogens is 1. The van der Waals surface area contributed by atoms with Crippen LogP contribution in [0.25, 0.3) is 0 Å². The highest BCUT2D eigenvalue weighted by Gasteiger charge is 2.10. The lowest BCUT2D eigenvalue weighted by atomic mass is 10.2. The lowest BCUT2D eigenvalue weighted by Gasteiger charge is -2.01. The standard InChI is InChI=1S/C13H14N2OS2/c1-3-11-8(2)18-13(14-11)15-12(16)9-4-6-10(17)7-5-9/h4-7,17H,3H2,1-2H3,(H,14,15,16). The highest BCUT2D eigenvalue weighted by Crippen LogP contribution is 2.23. The molecule has 0 aliphatic heterocycles. The van der Waals surface area contributed by atoms with E-state index in [1.54, 1.807) is 24.3 Å². The van der Waals surface area contributed by atoms with Crippen molar-refractivity contribution in [3.05, 3.63) is 40.4 Å². The van der Waals surface area contributed by atoms with Crippen LogP contribution in [0.2, 0.25) is 0 Å². The molecule has 3 nitrogen and oxygen atoms in total. The number of nitrogens with zero attached hydrogens (tertiary/aromatic N) is 1. The van der Waals surface area contributed by atoms with Crippen molar-refractivity contribution >= 4 is 35.0 Å². The van der Waals surface area contributed by atoms with Crippen LogP contribution in [0.3, 0.4) is 0 Å². The van der Waals surface area contributed by atoms with E-state index in [4.69, 9.17) is 0 Å². The molecule has 1 heterocycles. The highest BCUT2D eigenvalue weighted by atomic mass is 32.1. The zero-order valence-corrected chi connectivity index (χ0v) is 11.9. The third kappa shape index (κ3) is 2.91. The fourth-order valence-electron chi connectivity index (χ4n) is 1.59. The molecule has 5 heteroatoms. The van der Waals surface area contributed by atoms with Crippen molar-refractivity contribution in [2.45, 2.75) is 25.2 Å². The smallest absolute Gasteiger partial charge is 0.257 e. The predicted octanol–water partition coefficient (Wildman–Crippen LogP) is 3.55. The average molecular weight is 278 g/mol. The van der Waals surface area contributed by atoms with Crippen LogP contribution in [0, 0.1) is 6.92 Å². The van der Waals surface area contributed by atoms with E-state index < -0.39 is 0 Å². The van der Waals surface area contributed by atoms with E-state index in [9.17, 15) is 4.79 Å². The number of thiol groups is 1. The van der Waals surface area contributed by atoms with Crippen LogP contribution in [0.4, 0.5) is 5.13 Å². The van der Waals surface area contributed by atoms with Gasteiger partial charge >= 0.3 is 0 Å². The molecule has 2 aromatic rings. The molecular formula is C13H14N2OS2. The summed E-state index contributed by atoms with van der Waals surface area (Å²) in [6.07, 6.45) is 0.882. The molecule has 0 saturated heterocycles. The van der Waals surface area contributed by atoms with Gasteiger partial charge in [-0.05, 0) is 37.6 Å². The number of carbonyl (C=O) groups is 1. The predicted molar refractivity (Wildman–Crippen MR) is 77.9 cm³/mol. The van der Waals surface area contributed by atoms with Gasteiger partial charge in [-0.1, -0.05) is 6.92 Å². The maximum absolute atomic E-state index is 12.0. The van der Waals surface area contributed by atoms with Gasteiger partial charge in [-0.15, -0.1) is 24.0 Å². The van der Waals surface area contributed by atoms with Crippen LogP contribution in [-0.2, 0) is 6.42 Å². The van der Waals surface area contributed by atoms with E-state index in [2.05, 4.69) is 29.9 Å². The van der Waals surface area contributed by atoms with Gasteiger partial charge in [-0.25, -0.2) is 4.98 Å². The van der Waals surface area contributed by atoms with Crippen molar-refractivity contribution in [1.82, 2.24) is 4.98 Å². The number of rotatable bonds is 3. The molecule has 0 atom stereocenters. The molecule has 94 valence electrons. The number of amides is 1. The largest absolute Gasteiger partial charge is 0.298 e. The molecule has 0 aliphatic carbocycles. The van der Waals surface area contributed by atoms with Gasteiger partial charge in [0.15, 0.2) is 5.13 Å². The van der Waals surface area contributed by atoms with Gasteiger partial charge in [-0.3, -0.25) is 10.1 Å². The summed E-state index contributed by atoms with van der Waals surface area (Å²) in [6.45, 7) is 4.07. The lowest BCUT2D eigenvalue weighted by molar-refractivity contribution is 0.102. The molecule has 1 aromatic heterocycles. The first-order valence-electron chi connectivity index (χ1n) is 5.67. The molecular weight excluding hydrogens is 264 g/mol. The summed E-state index contributed by atoms with van der Waals surface area (Å²) in [5.74, 6) is -0.139. The molecule has 0 fully saturated rings. The first kappa shape index (κ1) is 13.1. The second kappa shape index (κ2) is 5.54. The van der Waals surface area contributed by atoms with E-state index in [1.807, 2.05) is 6.92 Å². The van der Waals surface area contributed by atoms with Crippen LogP contribution in [0.15, 0.2) is 29.2 Å². The molecule has 0 spiro atoms. The SMILES string of the molecule is CCc1nc(NC(=O)c2ccc(S)cc2)sc1C. The zero-order chi connectivity index (χ0) is 13.1. The summed E-state index contributed by atoms with van der Waals surface area (Å²) in [4.78, 5) is 18.3. The van der Waals surface area contributed by atoms with Crippen molar-refractivity contribution in [3.63, 3.8) is 0 Å². The Balaban J connectivity index is 2.13. The quantitative estimate of drug-likeness (QED) is 0.843. The van der Waals surface area contributed by atoms with Crippen molar-refractivity contribution in [3.8, 4) is 0 Å². The van der Waals surface area contributed by atoms with Crippen molar-refractivity contribution in [1.29, 1.82) is 0 Å². The second-order valence-corrected chi connectivity index (χ2v) is 5.60. The van der Waals surface area contributed by atoms with E-state index in [-0.39, 0.29) is 5.91 Å². The Bertz CT molecular complexity index is 561. The third-order valence-electron chi connectivity index (χ3n) is 2.58. The molecule has 0 bridgehead atoms. The summed E-state index contributed by atoms with van der Waals surface area (Å²) in [7, 11) is 0. The molecule has 0 aliphatic rings. The number of anilines is 1. The number of carbonyl (C=O) groups excluding carboxylic acids is 1. The Kier molecular flexibility index (Phi) is 4.04. The average Bonchev–Trinajstić information content (AvgIpc) is 2.70. The van der Waals surface area contributed by atoms with Crippen LogP contribution in [0.5, 0.6) is 0 Å². The van der Waals surface area contributed by atoms with Gasteiger partial charge < -0.3 is 0 Å². The summed E-state index contributed by atoms with van der Waals surface area (Å²) in [5, 5.41) is 3.47. The fourth-order valence-corrected chi connectivity index (χ4v) is 2.64. The van der Waals surface area contributed by atoms with Crippen LogP contribution < -0.4 is 5.32 Å². The molecule has 2 rings (SSSR count). The first-order chi connectivity index (χ1) is 8.60. The van der Waals surface area contributed by atoms with Gasteiger partial charge in [-0.2, -0.15) is 0 Å². The van der Waals surface area contributed by atoms with E-state index in [1.165, 1.54) is 11.3 Å². The Morgan fingerprint density at radius 3 is 2.61 bits per heavy atom. The zero-order valence-electron chi connectivity index (χ0n) is 10.2. The highest BCUT2D eigenvalue weighted by molar-refractivity contribution is 7.80. The van der Waals surface area contributed by atoms with Gasteiger partial charge in [0.25, 0.3) is 5.91 Å². The third-order valence-corrected chi connectivity index (χ3v) is 3.80. The molecule has 0 radical (unpaired) electrons. The van der Waals surface area contributed by atoms with E-state index >= 15 is 0 Å². The minimum atomic E-state index is -0.139. The van der Waals surface area contributed by atoms with E-state index in [0.29, 0.717) is 10.7 Å². The molecule has 0 unspecified atom stereocenters. The summed E-state index contributed by atoms with van der Waals surface area (Å²) in [5.41, 5.74) is 1.65. The minimum Gasteiger partial charge on any atom is -0.298 e. The second-order valence-electron chi connectivity index (χ2n) is 3.88. The molecule has 0 saturated carbocycles. The summed E-state index contributed by atoms with van der Waals surface area (Å²) < 4.78 is 0. The maximum Gasteiger partial charge on any atom is 0.257 e. The Morgan fingerprint density at radius 2 is 2.06 bits per heavy atom. The van der Waals surface area contributed by atoms with Gasteiger partial charge in [0.1, 0.15) is 0 Å². The van der Waals surface area contributed by atoms with Crippen molar-refractivity contribution in [2.75, 3.05) is 5.32 Å². The lowest BCUT2D eigenvalue weighted by Crippen LogP contribution is -2.11. The van der Waals surface area contributed by atoms with Gasteiger partial charge in [0.2, 0.25) is 0 Å². The van der Waals surface area contributed by atoms with Gasteiger partial charge in [0.05, 0.1) is 5.69 Å². The van der Waals surface area contributed by atoms with Crippen molar-refractivity contribution in [2.24, 2.45) is 0 Å². The Labute approximate surface area is 116 Å². The molecule has 1 aromatic carbocycles. The summed E-state index contributed by atoms with van der Waals surface area (Å²) >= 11 is 5.69. The number of aryl methyl sites for hydroxylation is 2. The topological polar surface area (TPSA) is 42.0 Å². The Hall–Kier alpha value is -1.33. The van der Waals surface area contributed by atoms with Crippen molar-refractivity contribution < 1.29 is 4.79 Å². The van der Waals surface area contributed by atoms with Crippen LogP contribution in [0.1, 0.15) is 27.9 Å². The van der Waals surface area contributed by atoms with Crippen LogP contribution >= 0.6 is 24.0 Å². The first-order valence-corrected chi connectivity index (χ1v) is 6.93. The number of benzene rings is 1. The fraction of sp³-hybridized carbons (Fsp3) is 0.231. The normalized spacial score (nSPS) is 10.4. The molecule has 1 amide bonds. The van der Waals surface area contributed by atoms with Crippen LogP contribution in [-0.4, -0.2) is 10.9 Å². The maximum atomic E-state index is 12.0. The van der Waals surface area contributed by atoms with E-state index in [0.717, 1.165) is 21.9 Å². The Morgan fingerprint density at radius 1 is 1.39 bits per heavy atom. The monoisotopic (exact) mass is 278 g/mol. The molecule has 18 heavy (non-hydrogen) atoms. The number of hydrogen-bond acceptors (Lipinski definition) is 4.